The van der Waals surface area contributed by atoms with Gasteiger partial charge in [-0.15, -0.1) is 0 Å². The Morgan fingerprint density at radius 3 is 1.44 bits per heavy atom. The van der Waals surface area contributed by atoms with E-state index in [2.05, 4.69) is 72.2 Å². The minimum Gasteiger partial charge on any atom is -0.378 e. The van der Waals surface area contributed by atoms with E-state index in [4.69, 9.17) is 11.5 Å². The van der Waals surface area contributed by atoms with Crippen LogP contribution in [0.1, 0.15) is 30.5 Å². The number of nitrogens with two attached hydrogens (primary N) is 2. The Kier molecular flexibility index (Phi) is 11.4. The summed E-state index contributed by atoms with van der Waals surface area (Å²) in [6.07, 6.45) is 1.94. The molecule has 2 aromatic carbocycles. The van der Waals surface area contributed by atoms with Crippen molar-refractivity contribution in [3.05, 3.63) is 65.2 Å². The van der Waals surface area contributed by atoms with E-state index in [0.29, 0.717) is 0 Å². The third-order valence-corrected chi connectivity index (χ3v) is 4.64. The summed E-state index contributed by atoms with van der Waals surface area (Å²) in [5.74, 6) is 0. The van der Waals surface area contributed by atoms with Crippen LogP contribution in [0.3, 0.4) is 0 Å². The van der Waals surface area contributed by atoms with E-state index in [1.54, 1.807) is 0 Å². The Bertz CT molecular complexity index is 601. The molecule has 0 radical (unpaired) electrons. The average molecular weight is 371 g/mol. The van der Waals surface area contributed by atoms with Gasteiger partial charge in [-0.25, -0.2) is 0 Å². The van der Waals surface area contributed by atoms with Gasteiger partial charge in [0.15, 0.2) is 0 Å². The van der Waals surface area contributed by atoms with Crippen LogP contribution in [0, 0.1) is 0 Å². The molecule has 0 aliphatic heterocycles. The molecular weight excluding hydrogens is 332 g/mol. The van der Waals surface area contributed by atoms with Gasteiger partial charge < -0.3 is 16.4 Å². The molecule has 4 heteroatoms. The largest absolute Gasteiger partial charge is 0.378 e. The Hall–Kier alpha value is -1.88. The van der Waals surface area contributed by atoms with Gasteiger partial charge in [0.25, 0.3) is 0 Å². The third kappa shape index (κ3) is 9.05. The third-order valence-electron chi connectivity index (χ3n) is 4.64. The first-order valence-electron chi connectivity index (χ1n) is 10.0. The van der Waals surface area contributed by atoms with E-state index >= 15 is 0 Å². The molecule has 0 saturated carbocycles. The zero-order valence-electron chi connectivity index (χ0n) is 17.6. The predicted octanol–water partition coefficient (Wildman–Crippen LogP) is 3.28. The molecule has 0 unspecified atom stereocenters. The van der Waals surface area contributed by atoms with Crippen LogP contribution in [0.2, 0.25) is 0 Å². The molecule has 4 nitrogen and oxygen atoms in total. The van der Waals surface area contributed by atoms with Crippen molar-refractivity contribution in [1.82, 2.24) is 4.90 Å². The fourth-order valence-corrected chi connectivity index (χ4v) is 2.81. The molecule has 2 aromatic rings. The summed E-state index contributed by atoms with van der Waals surface area (Å²) in [6.45, 7) is 9.13. The fourth-order valence-electron chi connectivity index (χ4n) is 2.81. The summed E-state index contributed by atoms with van der Waals surface area (Å²) < 4.78 is 0. The van der Waals surface area contributed by atoms with Gasteiger partial charge in [0.05, 0.1) is 0 Å². The molecule has 0 aliphatic carbocycles. The van der Waals surface area contributed by atoms with Crippen molar-refractivity contribution in [2.24, 2.45) is 11.5 Å². The molecule has 0 fully saturated rings. The van der Waals surface area contributed by atoms with E-state index in [9.17, 15) is 0 Å². The van der Waals surface area contributed by atoms with Crippen molar-refractivity contribution in [3.8, 4) is 0 Å². The van der Waals surface area contributed by atoms with E-state index < -0.39 is 0 Å². The van der Waals surface area contributed by atoms with Crippen LogP contribution < -0.4 is 16.4 Å². The van der Waals surface area contributed by atoms with Crippen LogP contribution in [-0.4, -0.2) is 45.2 Å². The fraction of sp³-hybridized carbons (Fsp3) is 0.478. The maximum absolute atomic E-state index is 5.51. The highest BCUT2D eigenvalue weighted by Gasteiger charge is 2.00. The lowest BCUT2D eigenvalue weighted by Gasteiger charge is -2.18. The number of benzene rings is 2. The lowest BCUT2D eigenvalue weighted by atomic mass is 10.1. The second-order valence-electron chi connectivity index (χ2n) is 6.92. The van der Waals surface area contributed by atoms with Gasteiger partial charge in [0, 0.05) is 26.3 Å². The zero-order valence-corrected chi connectivity index (χ0v) is 17.6. The molecule has 0 spiro atoms. The Morgan fingerprint density at radius 1 is 0.667 bits per heavy atom. The molecule has 150 valence electrons. The highest BCUT2D eigenvalue weighted by atomic mass is 15.1. The molecule has 27 heavy (non-hydrogen) atoms. The molecule has 0 atom stereocenters. The van der Waals surface area contributed by atoms with E-state index in [1.807, 2.05) is 14.1 Å². The second kappa shape index (κ2) is 13.3. The maximum Gasteiger partial charge on any atom is 0.0361 e. The van der Waals surface area contributed by atoms with Crippen LogP contribution in [0.4, 0.5) is 5.69 Å². The summed E-state index contributed by atoms with van der Waals surface area (Å²) in [5, 5.41) is 0. The first kappa shape index (κ1) is 23.2. The van der Waals surface area contributed by atoms with Crippen LogP contribution in [0.25, 0.3) is 0 Å². The molecule has 0 bridgehead atoms. The normalized spacial score (nSPS) is 10.5. The summed E-state index contributed by atoms with van der Waals surface area (Å²) >= 11 is 0. The van der Waals surface area contributed by atoms with Crippen molar-refractivity contribution in [1.29, 1.82) is 0 Å². The molecule has 0 saturated heterocycles. The lowest BCUT2D eigenvalue weighted by molar-refractivity contribution is 0.296. The van der Waals surface area contributed by atoms with Gasteiger partial charge in [-0.2, -0.15) is 0 Å². The number of nitrogens with zero attached hydrogens (tertiary/aromatic N) is 2. The maximum atomic E-state index is 5.51. The van der Waals surface area contributed by atoms with Gasteiger partial charge in [-0.3, -0.25) is 4.90 Å². The predicted molar refractivity (Wildman–Crippen MR) is 119 cm³/mol. The minimum atomic E-state index is 0.724. The summed E-state index contributed by atoms with van der Waals surface area (Å²) in [5.41, 5.74) is 16.2. The monoisotopic (exact) mass is 370 g/mol. The Labute approximate surface area is 166 Å². The SMILES string of the molecule is CCN(CC)Cc1ccc(CCN)cc1.CN(C)c1ccc(CCN)cc1. The Morgan fingerprint density at radius 2 is 1.07 bits per heavy atom. The van der Waals surface area contributed by atoms with Crippen molar-refractivity contribution in [2.45, 2.75) is 33.2 Å². The molecular formula is C23H38N4. The van der Waals surface area contributed by atoms with Crippen molar-refractivity contribution >= 4 is 5.69 Å². The number of hydrogen-bond acceptors (Lipinski definition) is 4. The topological polar surface area (TPSA) is 58.5 Å². The summed E-state index contributed by atoms with van der Waals surface area (Å²) in [6, 6.07) is 17.3. The summed E-state index contributed by atoms with van der Waals surface area (Å²) in [4.78, 5) is 4.50. The number of rotatable bonds is 9. The van der Waals surface area contributed by atoms with E-state index in [1.165, 1.54) is 22.4 Å². The Balaban J connectivity index is 0.000000277. The van der Waals surface area contributed by atoms with Crippen molar-refractivity contribution in [3.63, 3.8) is 0 Å². The van der Waals surface area contributed by atoms with E-state index in [-0.39, 0.29) is 0 Å². The van der Waals surface area contributed by atoms with Gasteiger partial charge in [-0.05, 0) is 67.8 Å². The van der Waals surface area contributed by atoms with Gasteiger partial charge in [0.1, 0.15) is 0 Å². The molecule has 0 heterocycles. The highest BCUT2D eigenvalue weighted by molar-refractivity contribution is 5.46. The van der Waals surface area contributed by atoms with Crippen molar-refractivity contribution in [2.75, 3.05) is 45.2 Å². The lowest BCUT2D eigenvalue weighted by Crippen LogP contribution is -2.22. The summed E-state index contributed by atoms with van der Waals surface area (Å²) in [7, 11) is 4.08. The highest BCUT2D eigenvalue weighted by Crippen LogP contribution is 2.12. The molecule has 0 aliphatic rings. The van der Waals surface area contributed by atoms with E-state index in [0.717, 1.165) is 45.6 Å². The van der Waals surface area contributed by atoms with Crippen LogP contribution in [0.15, 0.2) is 48.5 Å². The first-order valence-corrected chi connectivity index (χ1v) is 10.0. The minimum absolute atomic E-state index is 0.724. The standard InChI is InChI=1S/C13H22N2.C10H16N2/c1-3-15(4-2)11-13-7-5-12(6-8-13)9-10-14;1-12(2)10-5-3-9(4-6-10)7-8-11/h5-8H,3-4,9-11,14H2,1-2H3;3-6H,7-8,11H2,1-2H3. The average Bonchev–Trinajstić information content (AvgIpc) is 2.69. The van der Waals surface area contributed by atoms with Gasteiger partial charge >= 0.3 is 0 Å². The van der Waals surface area contributed by atoms with Crippen molar-refractivity contribution < 1.29 is 0 Å². The number of anilines is 1. The number of hydrogen-bond donors (Lipinski definition) is 2. The van der Waals surface area contributed by atoms with Crippen LogP contribution in [0.5, 0.6) is 0 Å². The van der Waals surface area contributed by atoms with Gasteiger partial charge in [-0.1, -0.05) is 50.2 Å². The quantitative estimate of drug-likeness (QED) is 0.711. The zero-order chi connectivity index (χ0) is 20.1. The second-order valence-corrected chi connectivity index (χ2v) is 6.92. The molecule has 2 rings (SSSR count). The smallest absolute Gasteiger partial charge is 0.0361 e. The molecule has 0 aromatic heterocycles. The molecule has 4 N–H and O–H groups in total. The van der Waals surface area contributed by atoms with Gasteiger partial charge in [0.2, 0.25) is 0 Å². The van der Waals surface area contributed by atoms with Crippen LogP contribution >= 0.6 is 0 Å². The first-order chi connectivity index (χ1) is 13.0. The van der Waals surface area contributed by atoms with Crippen LogP contribution in [-0.2, 0) is 19.4 Å². The molecule has 0 amide bonds.